The molecule has 0 fully saturated rings. The summed E-state index contributed by atoms with van der Waals surface area (Å²) in [6.45, 7) is 0. The van der Waals surface area contributed by atoms with Crippen LogP contribution in [-0.2, 0) is 4.79 Å². The summed E-state index contributed by atoms with van der Waals surface area (Å²) in [5.74, 6) is 0. The van der Waals surface area contributed by atoms with Crippen LogP contribution in [0.5, 0.6) is 0 Å². The maximum Gasteiger partial charge on any atom is 0.234 e. The molecule has 0 spiro atoms. The van der Waals surface area contributed by atoms with Gasteiger partial charge in [-0.1, -0.05) is 0 Å². The predicted octanol–water partition coefficient (Wildman–Crippen LogP) is 0.0663. The van der Waals surface area contributed by atoms with Crippen LogP contribution in [-0.4, -0.2) is 21.9 Å². The number of rotatable bonds is 2. The van der Waals surface area contributed by atoms with Crippen molar-refractivity contribution in [2.75, 3.05) is 6.26 Å². The monoisotopic (exact) mass is 169 g/mol. The van der Waals surface area contributed by atoms with Gasteiger partial charge in [-0.3, -0.25) is 4.79 Å². The van der Waals surface area contributed by atoms with E-state index in [0.717, 1.165) is 0 Å². The van der Waals surface area contributed by atoms with Crippen molar-refractivity contribution in [3.05, 3.63) is 23.8 Å². The van der Waals surface area contributed by atoms with E-state index in [-0.39, 0.29) is 0 Å². The molecule has 11 heavy (non-hydrogen) atoms. The molecular weight excluding hydrogens is 162 g/mol. The molecule has 0 aliphatic heterocycles. The van der Waals surface area contributed by atoms with E-state index in [2.05, 4.69) is 10.1 Å². The van der Waals surface area contributed by atoms with E-state index in [4.69, 9.17) is 0 Å². The summed E-state index contributed by atoms with van der Waals surface area (Å²) in [6, 6.07) is 3.45. The SMILES string of the molecule is CSn1ncccc1=NC=O. The molecule has 0 atom stereocenters. The third-order valence-electron chi connectivity index (χ3n) is 1.06. The van der Waals surface area contributed by atoms with E-state index >= 15 is 0 Å². The topological polar surface area (TPSA) is 47.2 Å². The minimum absolute atomic E-state index is 0.504. The summed E-state index contributed by atoms with van der Waals surface area (Å²) in [7, 11) is 0. The Morgan fingerprint density at radius 1 is 1.82 bits per heavy atom. The van der Waals surface area contributed by atoms with Crippen LogP contribution in [0.4, 0.5) is 0 Å². The molecular formula is C6H7N3OS. The largest absolute Gasteiger partial charge is 0.276 e. The molecule has 0 N–H and O–H groups in total. The van der Waals surface area contributed by atoms with Gasteiger partial charge in [0.25, 0.3) is 0 Å². The van der Waals surface area contributed by atoms with Crippen molar-refractivity contribution in [1.82, 2.24) is 9.19 Å². The second-order valence-corrected chi connectivity index (χ2v) is 2.38. The molecule has 4 nitrogen and oxygen atoms in total. The summed E-state index contributed by atoms with van der Waals surface area (Å²) in [6.07, 6.45) is 4.00. The summed E-state index contributed by atoms with van der Waals surface area (Å²) in [5.41, 5.74) is 0.551. The summed E-state index contributed by atoms with van der Waals surface area (Å²) in [5, 5.41) is 3.94. The van der Waals surface area contributed by atoms with Crippen LogP contribution < -0.4 is 5.49 Å². The lowest BCUT2D eigenvalue weighted by molar-refractivity contribution is -0.107. The van der Waals surface area contributed by atoms with Crippen molar-refractivity contribution in [2.24, 2.45) is 4.99 Å². The van der Waals surface area contributed by atoms with Crippen LogP contribution in [0.2, 0.25) is 0 Å². The second kappa shape index (κ2) is 3.92. The smallest absolute Gasteiger partial charge is 0.234 e. The molecule has 0 unspecified atom stereocenters. The zero-order chi connectivity index (χ0) is 8.10. The van der Waals surface area contributed by atoms with E-state index in [1.807, 2.05) is 6.26 Å². The van der Waals surface area contributed by atoms with Gasteiger partial charge in [-0.15, -0.1) is 0 Å². The van der Waals surface area contributed by atoms with Crippen LogP contribution in [0.3, 0.4) is 0 Å². The van der Waals surface area contributed by atoms with Crippen LogP contribution in [0.1, 0.15) is 0 Å². The Morgan fingerprint density at radius 2 is 2.64 bits per heavy atom. The number of amides is 1. The maximum absolute atomic E-state index is 10.0. The minimum atomic E-state index is 0.504. The van der Waals surface area contributed by atoms with E-state index < -0.39 is 0 Å². The van der Waals surface area contributed by atoms with Crippen molar-refractivity contribution in [3.63, 3.8) is 0 Å². The Balaban J connectivity index is 3.23. The Bertz CT molecular complexity index is 307. The molecule has 1 heterocycles. The average Bonchev–Trinajstić information content (AvgIpc) is 2.06. The van der Waals surface area contributed by atoms with Crippen LogP contribution in [0.25, 0.3) is 0 Å². The molecule has 5 heteroatoms. The van der Waals surface area contributed by atoms with E-state index in [1.165, 1.54) is 11.9 Å². The molecule has 1 rings (SSSR count). The number of carbonyl (C=O) groups is 1. The highest BCUT2D eigenvalue weighted by molar-refractivity contribution is 7.97. The fourth-order valence-corrected chi connectivity index (χ4v) is 1.08. The van der Waals surface area contributed by atoms with E-state index in [1.54, 1.807) is 22.4 Å². The second-order valence-electron chi connectivity index (χ2n) is 1.67. The van der Waals surface area contributed by atoms with Gasteiger partial charge in [-0.2, -0.15) is 14.2 Å². The first-order valence-electron chi connectivity index (χ1n) is 2.95. The molecule has 0 aliphatic rings. The molecule has 58 valence electrons. The third kappa shape index (κ3) is 1.91. The van der Waals surface area contributed by atoms with Gasteiger partial charge in [0, 0.05) is 12.5 Å². The first kappa shape index (κ1) is 8.00. The molecule has 0 bridgehead atoms. The molecule has 1 aromatic heterocycles. The van der Waals surface area contributed by atoms with Gasteiger partial charge >= 0.3 is 0 Å². The van der Waals surface area contributed by atoms with E-state index in [0.29, 0.717) is 11.9 Å². The molecule has 0 aliphatic carbocycles. The fraction of sp³-hybridized carbons (Fsp3) is 0.167. The molecule has 0 saturated carbocycles. The molecule has 0 radical (unpaired) electrons. The van der Waals surface area contributed by atoms with Gasteiger partial charge in [-0.25, -0.2) is 0 Å². The van der Waals surface area contributed by atoms with Crippen molar-refractivity contribution >= 4 is 18.4 Å². The lowest BCUT2D eigenvalue weighted by Crippen LogP contribution is -2.17. The average molecular weight is 169 g/mol. The summed E-state index contributed by atoms with van der Waals surface area (Å²) >= 11 is 1.39. The van der Waals surface area contributed by atoms with Crippen molar-refractivity contribution in [3.8, 4) is 0 Å². The van der Waals surface area contributed by atoms with Gasteiger partial charge in [0.15, 0.2) is 5.49 Å². The third-order valence-corrected chi connectivity index (χ3v) is 1.68. The van der Waals surface area contributed by atoms with Crippen molar-refractivity contribution < 1.29 is 4.79 Å². The Morgan fingerprint density at radius 3 is 3.27 bits per heavy atom. The first-order valence-corrected chi connectivity index (χ1v) is 4.13. The highest BCUT2D eigenvalue weighted by Gasteiger charge is 1.87. The summed E-state index contributed by atoms with van der Waals surface area (Å²) in [4.78, 5) is 13.6. The van der Waals surface area contributed by atoms with Crippen molar-refractivity contribution in [1.29, 1.82) is 0 Å². The van der Waals surface area contributed by atoms with Gasteiger partial charge < -0.3 is 0 Å². The molecule has 1 amide bonds. The number of hydrogen-bond donors (Lipinski definition) is 0. The lowest BCUT2D eigenvalue weighted by atomic mass is 10.6. The number of carbonyl (C=O) groups excluding carboxylic acids is 1. The highest BCUT2D eigenvalue weighted by atomic mass is 32.2. The normalized spacial score (nSPS) is 11.5. The lowest BCUT2D eigenvalue weighted by Gasteiger charge is -1.96. The van der Waals surface area contributed by atoms with Crippen LogP contribution >= 0.6 is 11.9 Å². The maximum atomic E-state index is 10.0. The minimum Gasteiger partial charge on any atom is -0.276 e. The van der Waals surface area contributed by atoms with Gasteiger partial charge in [0.05, 0.1) is 0 Å². The highest BCUT2D eigenvalue weighted by Crippen LogP contribution is 1.88. The zero-order valence-electron chi connectivity index (χ0n) is 5.97. The quantitative estimate of drug-likeness (QED) is 0.588. The predicted molar refractivity (Wildman–Crippen MR) is 42.8 cm³/mol. The van der Waals surface area contributed by atoms with Crippen LogP contribution in [0, 0.1) is 0 Å². The van der Waals surface area contributed by atoms with Gasteiger partial charge in [0.2, 0.25) is 6.41 Å². The number of hydrogen-bond acceptors (Lipinski definition) is 3. The first-order chi connectivity index (χ1) is 5.38. The molecule has 0 aromatic carbocycles. The van der Waals surface area contributed by atoms with E-state index in [9.17, 15) is 4.79 Å². The fourth-order valence-electron chi connectivity index (χ4n) is 0.638. The Hall–Kier alpha value is -1.10. The molecule has 1 aromatic rings. The molecule has 0 saturated heterocycles. The zero-order valence-corrected chi connectivity index (χ0v) is 6.78. The number of nitrogens with zero attached hydrogens (tertiary/aromatic N) is 3. The Labute approximate surface area is 68.1 Å². The van der Waals surface area contributed by atoms with Crippen molar-refractivity contribution in [2.45, 2.75) is 0 Å². The summed E-state index contributed by atoms with van der Waals surface area (Å²) < 4.78 is 1.56. The standard InChI is InChI=1S/C6H7N3OS/c1-11-9-6(7-5-10)3-2-4-8-9/h2-5H,1H3. The van der Waals surface area contributed by atoms with Gasteiger partial charge in [0.1, 0.15) is 0 Å². The van der Waals surface area contributed by atoms with Gasteiger partial charge in [-0.05, 0) is 24.1 Å². The Kier molecular flexibility index (Phi) is 2.85. The number of aromatic nitrogens is 2. The van der Waals surface area contributed by atoms with Crippen LogP contribution in [0.15, 0.2) is 23.3 Å².